The molecule has 3 rings (SSSR count). The summed E-state index contributed by atoms with van der Waals surface area (Å²) in [7, 11) is 0. The number of ether oxygens (including phenoxy) is 1. The van der Waals surface area contributed by atoms with Gasteiger partial charge in [-0.2, -0.15) is 0 Å². The van der Waals surface area contributed by atoms with E-state index >= 15 is 0 Å². The first-order valence-electron chi connectivity index (χ1n) is 10.6. The van der Waals surface area contributed by atoms with Crippen LogP contribution in [0.1, 0.15) is 36.8 Å². The minimum Gasteiger partial charge on any atom is -0.464 e. The molecule has 3 amide bonds. The molecule has 1 aliphatic rings. The van der Waals surface area contributed by atoms with Crippen LogP contribution in [-0.2, 0) is 22.6 Å². The van der Waals surface area contributed by atoms with E-state index in [0.717, 1.165) is 29.9 Å². The predicted molar refractivity (Wildman–Crippen MR) is 114 cm³/mol. The number of furan rings is 1. The number of hydrogen-bond acceptors (Lipinski definition) is 4. The average molecular weight is 414 g/mol. The zero-order valence-electron chi connectivity index (χ0n) is 17.8. The van der Waals surface area contributed by atoms with Crippen molar-refractivity contribution in [2.75, 3.05) is 26.2 Å². The van der Waals surface area contributed by atoms with Crippen molar-refractivity contribution in [3.8, 4) is 0 Å². The molecule has 1 aromatic heterocycles. The molecule has 1 aliphatic heterocycles. The van der Waals surface area contributed by atoms with Gasteiger partial charge in [-0.25, -0.2) is 4.79 Å². The van der Waals surface area contributed by atoms with Crippen molar-refractivity contribution in [1.82, 2.24) is 15.1 Å². The molecular weight excluding hydrogens is 382 g/mol. The maximum atomic E-state index is 13.3. The fraction of sp³-hybridized carbons (Fsp3) is 0.478. The largest absolute Gasteiger partial charge is 0.464 e. The van der Waals surface area contributed by atoms with Gasteiger partial charge in [0, 0.05) is 26.2 Å². The van der Waals surface area contributed by atoms with Gasteiger partial charge in [-0.05, 0) is 44.4 Å². The lowest BCUT2D eigenvalue weighted by Gasteiger charge is -2.29. The summed E-state index contributed by atoms with van der Waals surface area (Å²) in [6.07, 6.45) is 1.87. The van der Waals surface area contributed by atoms with Crippen LogP contribution in [0.15, 0.2) is 46.9 Å². The van der Waals surface area contributed by atoms with E-state index in [1.165, 1.54) is 0 Å². The van der Waals surface area contributed by atoms with E-state index in [-0.39, 0.29) is 24.6 Å². The van der Waals surface area contributed by atoms with Gasteiger partial charge in [0.1, 0.15) is 18.1 Å². The summed E-state index contributed by atoms with van der Waals surface area (Å²) in [4.78, 5) is 29.1. The summed E-state index contributed by atoms with van der Waals surface area (Å²) >= 11 is 0. The third-order valence-corrected chi connectivity index (χ3v) is 5.10. The Morgan fingerprint density at radius 3 is 2.53 bits per heavy atom. The van der Waals surface area contributed by atoms with Gasteiger partial charge in [0.05, 0.1) is 12.6 Å². The highest BCUT2D eigenvalue weighted by Gasteiger charge is 2.26. The molecule has 2 aromatic rings. The van der Waals surface area contributed by atoms with Crippen LogP contribution < -0.4 is 5.32 Å². The lowest BCUT2D eigenvalue weighted by molar-refractivity contribution is -0.133. The van der Waals surface area contributed by atoms with E-state index in [1.807, 2.05) is 56.3 Å². The summed E-state index contributed by atoms with van der Waals surface area (Å²) in [5.41, 5.74) is 1.03. The molecule has 0 saturated carbocycles. The van der Waals surface area contributed by atoms with Gasteiger partial charge < -0.3 is 24.3 Å². The quantitative estimate of drug-likeness (QED) is 0.684. The summed E-state index contributed by atoms with van der Waals surface area (Å²) in [6.45, 7) is 6.17. The van der Waals surface area contributed by atoms with Crippen LogP contribution >= 0.6 is 0 Å². The highest BCUT2D eigenvalue weighted by molar-refractivity contribution is 5.84. The van der Waals surface area contributed by atoms with E-state index < -0.39 is 0 Å². The first-order valence-corrected chi connectivity index (χ1v) is 10.6. The number of amides is 3. The van der Waals surface area contributed by atoms with Crippen molar-refractivity contribution in [3.05, 3.63) is 59.5 Å². The second kappa shape index (κ2) is 10.8. The smallest absolute Gasteiger partial charge is 0.317 e. The lowest BCUT2D eigenvalue weighted by atomic mass is 10.2. The first kappa shape index (κ1) is 21.9. The van der Waals surface area contributed by atoms with Crippen molar-refractivity contribution in [1.29, 1.82) is 0 Å². The molecule has 0 spiro atoms. The second-order valence-corrected chi connectivity index (χ2v) is 7.60. The zero-order chi connectivity index (χ0) is 21.3. The van der Waals surface area contributed by atoms with Gasteiger partial charge in [-0.1, -0.05) is 30.3 Å². The molecule has 0 radical (unpaired) electrons. The molecular formula is C23H31N3O4. The van der Waals surface area contributed by atoms with Gasteiger partial charge in [-0.3, -0.25) is 4.79 Å². The SMILES string of the molecule is CCNC(=O)N(CC(=O)N(Cc1ccccc1)Cc1ccc(C)o1)C[C@@H]1CCCO1. The minimum atomic E-state index is -0.241. The Balaban J connectivity index is 1.73. The van der Waals surface area contributed by atoms with Crippen molar-refractivity contribution in [2.45, 2.75) is 45.9 Å². The number of aryl methyl sites for hydroxylation is 1. The number of carbonyl (C=O) groups excluding carboxylic acids is 2. The summed E-state index contributed by atoms with van der Waals surface area (Å²) in [5.74, 6) is 1.40. The third-order valence-electron chi connectivity index (χ3n) is 5.10. The van der Waals surface area contributed by atoms with Crippen LogP contribution in [0.25, 0.3) is 0 Å². The summed E-state index contributed by atoms with van der Waals surface area (Å²) in [5, 5.41) is 2.81. The van der Waals surface area contributed by atoms with Crippen LogP contribution in [0.4, 0.5) is 4.79 Å². The van der Waals surface area contributed by atoms with Crippen LogP contribution in [0.2, 0.25) is 0 Å². The zero-order valence-corrected chi connectivity index (χ0v) is 17.8. The Labute approximate surface area is 178 Å². The van der Waals surface area contributed by atoms with E-state index in [9.17, 15) is 9.59 Å². The fourth-order valence-electron chi connectivity index (χ4n) is 3.57. The summed E-state index contributed by atoms with van der Waals surface area (Å²) in [6, 6.07) is 13.4. The van der Waals surface area contributed by atoms with Gasteiger partial charge in [0.15, 0.2) is 0 Å². The Hall–Kier alpha value is -2.80. The Bertz CT molecular complexity index is 815. The van der Waals surface area contributed by atoms with E-state index in [1.54, 1.807) is 9.80 Å². The monoisotopic (exact) mass is 413 g/mol. The van der Waals surface area contributed by atoms with Crippen LogP contribution in [0.3, 0.4) is 0 Å². The highest BCUT2D eigenvalue weighted by atomic mass is 16.5. The topological polar surface area (TPSA) is 75.0 Å². The highest BCUT2D eigenvalue weighted by Crippen LogP contribution is 2.16. The molecule has 1 saturated heterocycles. The van der Waals surface area contributed by atoms with Crippen LogP contribution in [-0.4, -0.2) is 54.1 Å². The second-order valence-electron chi connectivity index (χ2n) is 7.60. The van der Waals surface area contributed by atoms with Gasteiger partial charge in [-0.15, -0.1) is 0 Å². The molecule has 0 aliphatic carbocycles. The molecule has 1 atom stereocenters. The third kappa shape index (κ3) is 6.35. The van der Waals surface area contributed by atoms with E-state index in [0.29, 0.717) is 32.8 Å². The van der Waals surface area contributed by atoms with Crippen molar-refractivity contribution < 1.29 is 18.7 Å². The molecule has 1 aromatic carbocycles. The van der Waals surface area contributed by atoms with Gasteiger partial charge >= 0.3 is 6.03 Å². The number of hydrogen-bond donors (Lipinski definition) is 1. The first-order chi connectivity index (χ1) is 14.5. The normalized spacial score (nSPS) is 15.7. The summed E-state index contributed by atoms with van der Waals surface area (Å²) < 4.78 is 11.4. The number of carbonyl (C=O) groups is 2. The molecule has 7 heteroatoms. The minimum absolute atomic E-state index is 0.00177. The lowest BCUT2D eigenvalue weighted by Crippen LogP contribution is -2.49. The van der Waals surface area contributed by atoms with Crippen molar-refractivity contribution in [2.24, 2.45) is 0 Å². The number of benzene rings is 1. The molecule has 2 heterocycles. The Morgan fingerprint density at radius 1 is 1.10 bits per heavy atom. The maximum Gasteiger partial charge on any atom is 0.317 e. The van der Waals surface area contributed by atoms with Crippen LogP contribution in [0.5, 0.6) is 0 Å². The van der Waals surface area contributed by atoms with Gasteiger partial charge in [0.2, 0.25) is 5.91 Å². The molecule has 0 bridgehead atoms. The molecule has 1 fully saturated rings. The standard InChI is InChI=1S/C23H31N3O4/c1-3-24-23(28)26(15-20-10-7-13-29-20)17-22(27)25(14-19-8-5-4-6-9-19)16-21-12-11-18(2)30-21/h4-6,8-9,11-12,20H,3,7,10,13-17H2,1-2H3,(H,24,28)/t20-/m0/s1. The predicted octanol–water partition coefficient (Wildman–Crippen LogP) is 3.33. The van der Waals surface area contributed by atoms with Crippen molar-refractivity contribution in [3.63, 3.8) is 0 Å². The molecule has 0 unspecified atom stereocenters. The number of urea groups is 1. The molecule has 7 nitrogen and oxygen atoms in total. The number of rotatable bonds is 9. The van der Waals surface area contributed by atoms with E-state index in [2.05, 4.69) is 5.32 Å². The van der Waals surface area contributed by atoms with Gasteiger partial charge in [0.25, 0.3) is 0 Å². The fourth-order valence-corrected chi connectivity index (χ4v) is 3.57. The molecule has 30 heavy (non-hydrogen) atoms. The Morgan fingerprint density at radius 2 is 1.90 bits per heavy atom. The van der Waals surface area contributed by atoms with Crippen molar-refractivity contribution >= 4 is 11.9 Å². The molecule has 162 valence electrons. The number of nitrogens with zero attached hydrogens (tertiary/aromatic N) is 2. The molecule has 1 N–H and O–H groups in total. The van der Waals surface area contributed by atoms with E-state index in [4.69, 9.17) is 9.15 Å². The van der Waals surface area contributed by atoms with Crippen LogP contribution in [0, 0.1) is 6.92 Å². The number of nitrogens with one attached hydrogen (secondary N) is 1. The average Bonchev–Trinajstić information content (AvgIpc) is 3.39. The Kier molecular flexibility index (Phi) is 7.90. The maximum absolute atomic E-state index is 13.3.